The van der Waals surface area contributed by atoms with Gasteiger partial charge in [0.15, 0.2) is 11.5 Å². The molecule has 2 aromatic rings. The van der Waals surface area contributed by atoms with E-state index in [2.05, 4.69) is 5.32 Å². The molecule has 1 heterocycles. The first-order valence-corrected chi connectivity index (χ1v) is 8.54. The summed E-state index contributed by atoms with van der Waals surface area (Å²) in [5, 5.41) is 13.8. The Labute approximate surface area is 150 Å². The van der Waals surface area contributed by atoms with Crippen LogP contribution < -0.4 is 14.8 Å². The maximum Gasteiger partial charge on any atom is 0.305 e. The molecule has 0 radical (unpaired) electrons. The van der Waals surface area contributed by atoms with Crippen LogP contribution in [0.5, 0.6) is 11.5 Å². The fraction of sp³-hybridized carbons (Fsp3) is 0.333. The molecule has 7 heteroatoms. The molecule has 1 unspecified atom stereocenters. The van der Waals surface area contributed by atoms with Crippen LogP contribution in [-0.2, 0) is 4.79 Å². The third-order valence-corrected chi connectivity index (χ3v) is 5.04. The van der Waals surface area contributed by atoms with Gasteiger partial charge in [-0.15, -0.1) is 11.3 Å². The lowest BCUT2D eigenvalue weighted by atomic mass is 10.0. The molecular weight excluding hydrogens is 342 g/mol. The number of hydrogen-bond acceptors (Lipinski definition) is 5. The topological polar surface area (TPSA) is 84.9 Å². The standard InChI is InChI=1S/C18H21NO5S/c1-10-11(2)25-9-13(10)18(22)19-14(8-17(20)21)12-5-6-15(23-3)16(7-12)24-4/h5-7,9,14H,8H2,1-4H3,(H,19,22)(H,20,21). The van der Waals surface area contributed by atoms with Gasteiger partial charge in [-0.2, -0.15) is 0 Å². The molecule has 2 rings (SSSR count). The minimum Gasteiger partial charge on any atom is -0.493 e. The number of thiophene rings is 1. The van der Waals surface area contributed by atoms with Gasteiger partial charge in [-0.25, -0.2) is 0 Å². The molecule has 0 bridgehead atoms. The zero-order valence-electron chi connectivity index (χ0n) is 14.6. The molecule has 0 fully saturated rings. The van der Waals surface area contributed by atoms with Gasteiger partial charge in [0.1, 0.15) is 0 Å². The van der Waals surface area contributed by atoms with Crippen LogP contribution in [0, 0.1) is 13.8 Å². The summed E-state index contributed by atoms with van der Waals surface area (Å²) in [6, 6.07) is 4.42. The lowest BCUT2D eigenvalue weighted by Crippen LogP contribution is -2.30. The first-order valence-electron chi connectivity index (χ1n) is 7.66. The van der Waals surface area contributed by atoms with E-state index < -0.39 is 12.0 Å². The Bertz CT molecular complexity index is 784. The van der Waals surface area contributed by atoms with Crippen molar-refractivity contribution in [2.24, 2.45) is 0 Å². The number of ether oxygens (including phenoxy) is 2. The number of methoxy groups -OCH3 is 2. The fourth-order valence-electron chi connectivity index (χ4n) is 2.47. The SMILES string of the molecule is COc1ccc(C(CC(=O)O)NC(=O)c2csc(C)c2C)cc1OC. The highest BCUT2D eigenvalue weighted by Gasteiger charge is 2.22. The number of carbonyl (C=O) groups is 2. The fourth-order valence-corrected chi connectivity index (χ4v) is 3.34. The van der Waals surface area contributed by atoms with Gasteiger partial charge in [0.05, 0.1) is 32.2 Å². The van der Waals surface area contributed by atoms with Crippen molar-refractivity contribution in [1.29, 1.82) is 0 Å². The van der Waals surface area contributed by atoms with Crippen molar-refractivity contribution >= 4 is 23.2 Å². The smallest absolute Gasteiger partial charge is 0.305 e. The molecule has 0 saturated heterocycles. The van der Waals surface area contributed by atoms with Crippen molar-refractivity contribution in [3.05, 3.63) is 45.1 Å². The zero-order chi connectivity index (χ0) is 18.6. The van der Waals surface area contributed by atoms with Crippen molar-refractivity contribution in [1.82, 2.24) is 5.32 Å². The summed E-state index contributed by atoms with van der Waals surface area (Å²) < 4.78 is 10.5. The average molecular weight is 363 g/mol. The average Bonchev–Trinajstić information content (AvgIpc) is 2.92. The van der Waals surface area contributed by atoms with E-state index in [1.54, 1.807) is 23.6 Å². The largest absolute Gasteiger partial charge is 0.493 e. The van der Waals surface area contributed by atoms with Gasteiger partial charge >= 0.3 is 5.97 Å². The van der Waals surface area contributed by atoms with E-state index in [0.717, 1.165) is 10.4 Å². The molecule has 1 aromatic heterocycles. The van der Waals surface area contributed by atoms with E-state index in [0.29, 0.717) is 22.6 Å². The van der Waals surface area contributed by atoms with Crippen LogP contribution in [0.25, 0.3) is 0 Å². The maximum absolute atomic E-state index is 12.6. The predicted molar refractivity (Wildman–Crippen MR) is 95.8 cm³/mol. The Morgan fingerprint density at radius 2 is 1.88 bits per heavy atom. The van der Waals surface area contributed by atoms with Crippen LogP contribution in [-0.4, -0.2) is 31.2 Å². The number of aryl methyl sites for hydroxylation is 1. The minimum absolute atomic E-state index is 0.233. The summed E-state index contributed by atoms with van der Waals surface area (Å²) in [6.45, 7) is 3.82. The van der Waals surface area contributed by atoms with Gasteiger partial charge in [-0.3, -0.25) is 9.59 Å². The first kappa shape index (κ1) is 18.8. The lowest BCUT2D eigenvalue weighted by Gasteiger charge is -2.19. The first-order chi connectivity index (χ1) is 11.9. The zero-order valence-corrected chi connectivity index (χ0v) is 15.4. The van der Waals surface area contributed by atoms with E-state index in [9.17, 15) is 14.7 Å². The highest BCUT2D eigenvalue weighted by atomic mass is 32.1. The predicted octanol–water partition coefficient (Wildman–Crippen LogP) is 3.33. The third-order valence-electron chi connectivity index (χ3n) is 4.02. The van der Waals surface area contributed by atoms with Gasteiger partial charge in [-0.1, -0.05) is 6.07 Å². The highest BCUT2D eigenvalue weighted by Crippen LogP contribution is 2.31. The molecule has 0 saturated carbocycles. The van der Waals surface area contributed by atoms with Crippen LogP contribution in [0.4, 0.5) is 0 Å². The second kappa shape index (κ2) is 8.02. The lowest BCUT2D eigenvalue weighted by molar-refractivity contribution is -0.137. The molecule has 6 nitrogen and oxygen atoms in total. The number of amides is 1. The molecule has 0 aliphatic rings. The molecule has 0 aliphatic carbocycles. The van der Waals surface area contributed by atoms with E-state index >= 15 is 0 Å². The molecule has 0 spiro atoms. The van der Waals surface area contributed by atoms with Crippen LogP contribution in [0.15, 0.2) is 23.6 Å². The molecule has 1 atom stereocenters. The van der Waals surface area contributed by atoms with E-state index in [4.69, 9.17) is 9.47 Å². The number of aliphatic carboxylic acids is 1. The Morgan fingerprint density at radius 3 is 2.40 bits per heavy atom. The van der Waals surface area contributed by atoms with Crippen molar-refractivity contribution in [2.45, 2.75) is 26.3 Å². The van der Waals surface area contributed by atoms with Gasteiger partial charge < -0.3 is 19.9 Å². The Morgan fingerprint density at radius 1 is 1.20 bits per heavy atom. The minimum atomic E-state index is -1.00. The number of carboxylic acids is 1. The van der Waals surface area contributed by atoms with Gasteiger partial charge in [0.25, 0.3) is 5.91 Å². The van der Waals surface area contributed by atoms with Crippen molar-refractivity contribution < 1.29 is 24.2 Å². The van der Waals surface area contributed by atoms with E-state index in [1.165, 1.54) is 25.6 Å². The quantitative estimate of drug-likeness (QED) is 0.788. The monoisotopic (exact) mass is 363 g/mol. The summed E-state index contributed by atoms with van der Waals surface area (Å²) in [6.07, 6.45) is -0.233. The van der Waals surface area contributed by atoms with Crippen LogP contribution >= 0.6 is 11.3 Å². The second-order valence-electron chi connectivity index (χ2n) is 5.57. The van der Waals surface area contributed by atoms with E-state index in [1.807, 2.05) is 13.8 Å². The summed E-state index contributed by atoms with van der Waals surface area (Å²) in [5.41, 5.74) is 2.11. The van der Waals surface area contributed by atoms with Crippen molar-refractivity contribution in [3.8, 4) is 11.5 Å². The molecule has 2 N–H and O–H groups in total. The maximum atomic E-state index is 12.6. The van der Waals surface area contributed by atoms with Crippen LogP contribution in [0.1, 0.15) is 38.8 Å². The Kier molecular flexibility index (Phi) is 6.03. The summed E-state index contributed by atoms with van der Waals surface area (Å²) in [4.78, 5) is 24.9. The summed E-state index contributed by atoms with van der Waals surface area (Å²) >= 11 is 1.49. The third kappa shape index (κ3) is 4.30. The molecular formula is C18H21NO5S. The number of nitrogens with one attached hydrogen (secondary N) is 1. The number of benzene rings is 1. The molecule has 25 heavy (non-hydrogen) atoms. The van der Waals surface area contributed by atoms with Crippen LogP contribution in [0.3, 0.4) is 0 Å². The van der Waals surface area contributed by atoms with Crippen LogP contribution in [0.2, 0.25) is 0 Å². The van der Waals surface area contributed by atoms with Crippen molar-refractivity contribution in [2.75, 3.05) is 14.2 Å². The van der Waals surface area contributed by atoms with Gasteiger partial charge in [0, 0.05) is 10.3 Å². The van der Waals surface area contributed by atoms with Gasteiger partial charge in [0.2, 0.25) is 0 Å². The second-order valence-corrected chi connectivity index (χ2v) is 6.65. The highest BCUT2D eigenvalue weighted by molar-refractivity contribution is 7.10. The molecule has 1 amide bonds. The molecule has 134 valence electrons. The van der Waals surface area contributed by atoms with Crippen molar-refractivity contribution in [3.63, 3.8) is 0 Å². The normalized spacial score (nSPS) is 11.7. The Hall–Kier alpha value is -2.54. The van der Waals surface area contributed by atoms with Gasteiger partial charge in [-0.05, 0) is 37.1 Å². The number of rotatable bonds is 7. The number of carboxylic acid groups (broad SMARTS) is 1. The van der Waals surface area contributed by atoms with E-state index in [-0.39, 0.29) is 12.3 Å². The Balaban J connectivity index is 2.31. The summed E-state index contributed by atoms with van der Waals surface area (Å²) in [5.74, 6) is -0.274. The number of hydrogen-bond donors (Lipinski definition) is 2. The molecule has 0 aliphatic heterocycles. The summed E-state index contributed by atoms with van der Waals surface area (Å²) in [7, 11) is 3.03. The number of carbonyl (C=O) groups excluding carboxylic acids is 1. The molecule has 1 aromatic carbocycles.